The lowest BCUT2D eigenvalue weighted by Crippen LogP contribution is -2.54. The standard InChI is InChI=1S/C62H93N5O13S/c1-13-41(7)57(52(78-11)35-54(71)66-31-21-25-49(66)58(79-12)42(8)50(69)33-45(61(75)76)32-43-22-17-15-18-23-43)64(9)59(73)48(39(3)4)34-51(70)56(40(5)6)65(10)62(77)80-38-44-26-28-46(29-27-44)63-37-47(68)24-19-16-20-30-67-55(72)36-53(60(67)74)81-14-2/h15,17-18,22-23,26-29,39-42,45,48-49,52-53,56-58,63H,13-14,16,19-21,24-25,30-38H2,1-12H3,(H,75,76)/t41-,42-,45+,48-,49-,52+,53?,56-,57-,58+/m0/s1. The van der Waals surface area contributed by atoms with E-state index >= 15 is 0 Å². The Labute approximate surface area is 485 Å². The molecule has 2 aromatic rings. The number of hydrogen-bond acceptors (Lipinski definition) is 14. The number of carbonyl (C=O) groups is 9. The number of carboxylic acid groups (broad SMARTS) is 1. The number of carbonyl (C=O) groups excluding carboxylic acids is 8. The zero-order valence-electron chi connectivity index (χ0n) is 50.2. The molecule has 19 heteroatoms. The number of amides is 5. The molecule has 1 unspecified atom stereocenters. The first-order valence-electron chi connectivity index (χ1n) is 29.1. The number of imide groups is 1. The fourth-order valence-corrected chi connectivity index (χ4v) is 12.4. The number of aliphatic carboxylic acids is 1. The summed E-state index contributed by atoms with van der Waals surface area (Å²) in [5.41, 5.74) is 2.23. The Morgan fingerprint density at radius 2 is 1.48 bits per heavy atom. The Balaban J connectivity index is 1.32. The predicted molar refractivity (Wildman–Crippen MR) is 313 cm³/mol. The molecule has 2 saturated heterocycles. The molecular weight excluding hydrogens is 1050 g/mol. The number of methoxy groups -OCH3 is 2. The topological polar surface area (TPSA) is 227 Å². The Kier molecular flexibility index (Phi) is 28.0. The molecule has 0 aliphatic carbocycles. The van der Waals surface area contributed by atoms with Gasteiger partial charge in [-0.3, -0.25) is 43.3 Å². The van der Waals surface area contributed by atoms with Crippen LogP contribution in [0.15, 0.2) is 54.6 Å². The molecule has 2 N–H and O–H groups in total. The second-order valence-corrected chi connectivity index (χ2v) is 24.3. The molecule has 18 nitrogen and oxygen atoms in total. The number of nitrogens with one attached hydrogen (secondary N) is 1. The number of hydrogen-bond donors (Lipinski definition) is 2. The van der Waals surface area contributed by atoms with Gasteiger partial charge in [-0.2, -0.15) is 0 Å². The van der Waals surface area contributed by atoms with Gasteiger partial charge < -0.3 is 39.3 Å². The third-order valence-electron chi connectivity index (χ3n) is 16.4. The van der Waals surface area contributed by atoms with Gasteiger partial charge in [0.2, 0.25) is 23.6 Å². The van der Waals surface area contributed by atoms with Crippen molar-refractivity contribution >= 4 is 70.5 Å². The number of anilines is 1. The van der Waals surface area contributed by atoms with Crippen molar-refractivity contribution in [3.8, 4) is 0 Å². The van der Waals surface area contributed by atoms with Crippen molar-refractivity contribution in [2.24, 2.45) is 35.5 Å². The Bertz CT molecular complexity index is 2400. The molecular formula is C62H93N5O13S. The predicted octanol–water partition coefficient (Wildman–Crippen LogP) is 8.76. The first-order chi connectivity index (χ1) is 38.5. The fourth-order valence-electron chi connectivity index (χ4n) is 11.5. The second-order valence-electron chi connectivity index (χ2n) is 22.8. The molecule has 450 valence electrons. The molecule has 5 amide bonds. The highest BCUT2D eigenvalue weighted by molar-refractivity contribution is 8.00. The zero-order chi connectivity index (χ0) is 60.1. The maximum absolute atomic E-state index is 14.8. The number of rotatable bonds is 36. The number of likely N-dealkylation sites (N-methyl/N-ethyl adjacent to an activating group) is 2. The smallest absolute Gasteiger partial charge is 0.410 e. The molecule has 2 aliphatic rings. The van der Waals surface area contributed by atoms with E-state index in [0.717, 1.165) is 17.7 Å². The molecule has 0 aromatic heterocycles. The minimum atomic E-state index is -1.05. The van der Waals surface area contributed by atoms with Crippen LogP contribution in [0.1, 0.15) is 137 Å². The van der Waals surface area contributed by atoms with E-state index in [4.69, 9.17) is 14.2 Å². The zero-order valence-corrected chi connectivity index (χ0v) is 51.0. The van der Waals surface area contributed by atoms with E-state index in [9.17, 15) is 48.3 Å². The monoisotopic (exact) mass is 1150 g/mol. The number of Topliss-reactive ketones (excluding diaryl/α,β-unsaturated/α-hetero) is 3. The highest BCUT2D eigenvalue weighted by atomic mass is 32.2. The number of benzene rings is 2. The third-order valence-corrected chi connectivity index (χ3v) is 17.5. The van der Waals surface area contributed by atoms with Crippen LogP contribution in [-0.4, -0.2) is 167 Å². The second kappa shape index (κ2) is 33.4. The Morgan fingerprint density at radius 3 is 2.07 bits per heavy atom. The number of carboxylic acids is 1. The van der Waals surface area contributed by atoms with Gasteiger partial charge >= 0.3 is 12.1 Å². The molecule has 2 aliphatic heterocycles. The third kappa shape index (κ3) is 19.5. The minimum Gasteiger partial charge on any atom is -0.481 e. The summed E-state index contributed by atoms with van der Waals surface area (Å²) >= 11 is 1.50. The van der Waals surface area contributed by atoms with Crippen LogP contribution in [0.5, 0.6) is 0 Å². The summed E-state index contributed by atoms with van der Waals surface area (Å²) < 4.78 is 17.7. The first-order valence-corrected chi connectivity index (χ1v) is 30.2. The van der Waals surface area contributed by atoms with E-state index in [-0.39, 0.29) is 109 Å². The Hall–Kier alpha value is -5.66. The minimum absolute atomic E-state index is 0.0343. The highest BCUT2D eigenvalue weighted by Gasteiger charge is 2.44. The van der Waals surface area contributed by atoms with Crippen LogP contribution in [0.25, 0.3) is 0 Å². The number of ether oxygens (including phenoxy) is 3. The van der Waals surface area contributed by atoms with Gasteiger partial charge in [-0.1, -0.05) is 111 Å². The highest BCUT2D eigenvalue weighted by Crippen LogP contribution is 2.33. The molecule has 2 aromatic carbocycles. The van der Waals surface area contributed by atoms with Crippen molar-refractivity contribution in [2.45, 2.75) is 175 Å². The van der Waals surface area contributed by atoms with E-state index in [1.165, 1.54) is 42.8 Å². The van der Waals surface area contributed by atoms with Gasteiger partial charge in [0.15, 0.2) is 11.6 Å². The average Bonchev–Trinajstić information content (AvgIpc) is 4.03. The van der Waals surface area contributed by atoms with Crippen LogP contribution in [0.3, 0.4) is 0 Å². The SMILES string of the molecule is CCSC1CC(=O)N(CCCCCC(=O)CNc2ccc(COC(=O)N(C)[C@H](C(=O)C[C@H](C(=O)N(C)[C@@H]([C@@H](C)CC)[C@@H](CC(=O)N3CCC[C@H]3[C@H](OC)[C@@H](C)C(=O)C[C@@H](Cc3ccccc3)C(=O)O)OC)C(C)C)C(C)C)cc2)C1=O. The van der Waals surface area contributed by atoms with E-state index in [2.05, 4.69) is 5.32 Å². The van der Waals surface area contributed by atoms with Gasteiger partial charge in [0.25, 0.3) is 0 Å². The number of unbranched alkanes of at least 4 members (excludes halogenated alkanes) is 2. The molecule has 0 bridgehead atoms. The lowest BCUT2D eigenvalue weighted by atomic mass is 9.83. The summed E-state index contributed by atoms with van der Waals surface area (Å²) in [5.74, 6) is -4.62. The van der Waals surface area contributed by atoms with E-state index in [1.54, 1.807) is 48.0 Å². The van der Waals surface area contributed by atoms with Crippen molar-refractivity contribution in [3.05, 3.63) is 65.7 Å². The average molecular weight is 1150 g/mol. The summed E-state index contributed by atoms with van der Waals surface area (Å²) in [6.45, 7) is 16.0. The lowest BCUT2D eigenvalue weighted by molar-refractivity contribution is -0.149. The number of nitrogens with zero attached hydrogens (tertiary/aromatic N) is 4. The lowest BCUT2D eigenvalue weighted by Gasteiger charge is -2.41. The van der Waals surface area contributed by atoms with Crippen molar-refractivity contribution in [1.82, 2.24) is 19.6 Å². The van der Waals surface area contributed by atoms with Crippen LogP contribution in [-0.2, 0) is 65.6 Å². The van der Waals surface area contributed by atoms with E-state index in [0.29, 0.717) is 62.9 Å². The largest absolute Gasteiger partial charge is 0.481 e. The molecule has 4 rings (SSSR count). The van der Waals surface area contributed by atoms with Crippen molar-refractivity contribution < 1.29 is 62.5 Å². The number of thioether (sulfide) groups is 1. The van der Waals surface area contributed by atoms with Crippen LogP contribution in [0, 0.1) is 35.5 Å². The van der Waals surface area contributed by atoms with Crippen molar-refractivity contribution in [2.75, 3.05) is 59.0 Å². The summed E-state index contributed by atoms with van der Waals surface area (Å²) in [4.78, 5) is 127. The van der Waals surface area contributed by atoms with Crippen LogP contribution < -0.4 is 5.32 Å². The maximum atomic E-state index is 14.8. The van der Waals surface area contributed by atoms with Gasteiger partial charge in [-0.05, 0) is 78.9 Å². The first kappa shape index (κ1) is 67.8. The van der Waals surface area contributed by atoms with Crippen molar-refractivity contribution in [1.29, 1.82) is 0 Å². The van der Waals surface area contributed by atoms with Crippen LogP contribution in [0.4, 0.5) is 10.5 Å². The van der Waals surface area contributed by atoms with Crippen LogP contribution in [0.2, 0.25) is 0 Å². The van der Waals surface area contributed by atoms with E-state index < -0.39 is 60.1 Å². The summed E-state index contributed by atoms with van der Waals surface area (Å²) in [6, 6.07) is 14.4. The fraction of sp³-hybridized carbons (Fsp3) is 0.661. The van der Waals surface area contributed by atoms with E-state index in [1.807, 2.05) is 78.8 Å². The molecule has 10 atom stereocenters. The molecule has 0 radical (unpaired) electrons. The molecule has 0 saturated carbocycles. The van der Waals surface area contributed by atoms with Gasteiger partial charge in [0.1, 0.15) is 12.4 Å². The van der Waals surface area contributed by atoms with Gasteiger partial charge in [-0.15, -0.1) is 11.8 Å². The van der Waals surface area contributed by atoms with Gasteiger partial charge in [0, 0.05) is 84.6 Å². The van der Waals surface area contributed by atoms with Crippen molar-refractivity contribution in [3.63, 3.8) is 0 Å². The normalized spacial score (nSPS) is 18.4. The summed E-state index contributed by atoms with van der Waals surface area (Å²) in [5, 5.41) is 12.9. The number of likely N-dealkylation sites (tertiary alicyclic amines) is 2. The van der Waals surface area contributed by atoms with Gasteiger partial charge in [-0.25, -0.2) is 4.79 Å². The quantitative estimate of drug-likeness (QED) is 0.0480. The number of ketones is 3. The summed E-state index contributed by atoms with van der Waals surface area (Å²) in [6.07, 6.45) is 2.30. The molecule has 0 spiro atoms. The molecule has 2 heterocycles. The molecule has 2 fully saturated rings. The van der Waals surface area contributed by atoms with Crippen LogP contribution >= 0.6 is 11.8 Å². The maximum Gasteiger partial charge on any atom is 0.410 e. The molecule has 81 heavy (non-hydrogen) atoms. The Morgan fingerprint density at radius 1 is 0.802 bits per heavy atom. The summed E-state index contributed by atoms with van der Waals surface area (Å²) in [7, 11) is 6.23. The van der Waals surface area contributed by atoms with Gasteiger partial charge in [0.05, 0.1) is 54.5 Å².